The van der Waals surface area contributed by atoms with Crippen molar-refractivity contribution in [3.63, 3.8) is 0 Å². The average Bonchev–Trinajstić information content (AvgIpc) is 2.89. The highest BCUT2D eigenvalue weighted by Gasteiger charge is 2.32. The third kappa shape index (κ3) is 14.8. The Morgan fingerprint density at radius 2 is 0.833 bits per heavy atom. The molecule has 0 rings (SSSR count). The van der Waals surface area contributed by atoms with E-state index in [2.05, 4.69) is 26.3 Å². The first-order valence-electron chi connectivity index (χ1n) is 12.1. The summed E-state index contributed by atoms with van der Waals surface area (Å²) in [7, 11) is 0. The Hall–Kier alpha value is -2.52. The van der Waals surface area contributed by atoms with E-state index in [1.807, 2.05) is 13.8 Å². The van der Waals surface area contributed by atoms with Gasteiger partial charge in [-0.15, -0.1) is 26.3 Å². The van der Waals surface area contributed by atoms with Gasteiger partial charge in [0, 0.05) is 12.2 Å². The maximum Gasteiger partial charge on any atom is 0.331 e. The highest BCUT2D eigenvalue weighted by atomic mass is 16.5. The van der Waals surface area contributed by atoms with Crippen molar-refractivity contribution < 1.29 is 38.0 Å². The van der Waals surface area contributed by atoms with E-state index in [0.29, 0.717) is 65.7 Å². The Labute approximate surface area is 216 Å². The Balaban J connectivity index is 4.97. The van der Waals surface area contributed by atoms with Gasteiger partial charge in [-0.05, 0) is 12.8 Å². The molecule has 0 heterocycles. The van der Waals surface area contributed by atoms with Gasteiger partial charge in [0.15, 0.2) is 0 Å². The van der Waals surface area contributed by atoms with E-state index >= 15 is 0 Å². The van der Waals surface area contributed by atoms with E-state index in [9.17, 15) is 9.59 Å². The van der Waals surface area contributed by atoms with Gasteiger partial charge in [0.2, 0.25) is 0 Å². The van der Waals surface area contributed by atoms with Gasteiger partial charge in [-0.1, -0.05) is 38.2 Å². The molecule has 0 radical (unpaired) electrons. The van der Waals surface area contributed by atoms with E-state index in [1.165, 1.54) is 0 Å². The van der Waals surface area contributed by atoms with Crippen molar-refractivity contribution in [1.82, 2.24) is 0 Å². The molecule has 0 aromatic rings. The molecule has 8 nitrogen and oxygen atoms in total. The van der Waals surface area contributed by atoms with E-state index in [4.69, 9.17) is 28.4 Å². The molecular formula is C28H44O8. The molecule has 0 saturated heterocycles. The van der Waals surface area contributed by atoms with Gasteiger partial charge in [-0.25, -0.2) is 9.59 Å². The third-order valence-electron chi connectivity index (χ3n) is 5.47. The van der Waals surface area contributed by atoms with E-state index in [0.717, 1.165) is 12.2 Å². The second-order valence-electron chi connectivity index (χ2n) is 8.47. The summed E-state index contributed by atoms with van der Waals surface area (Å²) in [5.74, 6) is -1.33. The molecule has 36 heavy (non-hydrogen) atoms. The van der Waals surface area contributed by atoms with Gasteiger partial charge in [-0.3, -0.25) is 0 Å². The van der Waals surface area contributed by atoms with Gasteiger partial charge in [0.1, 0.15) is 13.2 Å². The lowest BCUT2D eigenvalue weighted by atomic mass is 9.88. The summed E-state index contributed by atoms with van der Waals surface area (Å²) in [6, 6.07) is 0. The first-order valence-corrected chi connectivity index (χ1v) is 12.1. The van der Waals surface area contributed by atoms with Crippen LogP contribution in [0.5, 0.6) is 0 Å². The topological polar surface area (TPSA) is 89.5 Å². The molecule has 0 amide bonds. The molecule has 0 unspecified atom stereocenters. The number of rotatable bonds is 24. The molecule has 0 aliphatic rings. The van der Waals surface area contributed by atoms with Crippen molar-refractivity contribution in [3.05, 3.63) is 62.8 Å². The van der Waals surface area contributed by atoms with E-state index < -0.39 is 22.8 Å². The summed E-state index contributed by atoms with van der Waals surface area (Å²) < 4.78 is 33.2. The maximum absolute atomic E-state index is 12.3. The van der Waals surface area contributed by atoms with Crippen molar-refractivity contribution in [1.29, 1.82) is 0 Å². The van der Waals surface area contributed by atoms with E-state index in [-0.39, 0.29) is 13.2 Å². The monoisotopic (exact) mass is 508 g/mol. The van der Waals surface area contributed by atoms with Gasteiger partial charge >= 0.3 is 11.9 Å². The molecule has 0 atom stereocenters. The van der Waals surface area contributed by atoms with Crippen LogP contribution in [0.1, 0.15) is 26.7 Å². The lowest BCUT2D eigenvalue weighted by Crippen LogP contribution is -2.38. The molecule has 0 aliphatic heterocycles. The number of hydrogen-bond donors (Lipinski definition) is 0. The molecule has 0 bridgehead atoms. The van der Waals surface area contributed by atoms with Crippen molar-refractivity contribution in [2.24, 2.45) is 10.8 Å². The lowest BCUT2D eigenvalue weighted by Gasteiger charge is -2.31. The highest BCUT2D eigenvalue weighted by Crippen LogP contribution is 2.25. The van der Waals surface area contributed by atoms with Crippen LogP contribution in [-0.4, -0.2) is 78.0 Å². The van der Waals surface area contributed by atoms with Crippen LogP contribution in [0.15, 0.2) is 62.8 Å². The number of esters is 2. The smallest absolute Gasteiger partial charge is 0.331 e. The minimum absolute atomic E-state index is 0.0657. The van der Waals surface area contributed by atoms with Gasteiger partial charge < -0.3 is 28.4 Å². The molecule has 0 fully saturated rings. The van der Waals surface area contributed by atoms with Crippen LogP contribution < -0.4 is 0 Å². The maximum atomic E-state index is 12.3. The summed E-state index contributed by atoms with van der Waals surface area (Å²) in [5.41, 5.74) is -1.07. The molecule has 0 aromatic heterocycles. The normalized spacial score (nSPS) is 11.7. The molecule has 0 aliphatic carbocycles. The van der Waals surface area contributed by atoms with Crippen LogP contribution >= 0.6 is 0 Å². The van der Waals surface area contributed by atoms with Crippen LogP contribution in [-0.2, 0) is 38.0 Å². The predicted molar refractivity (Wildman–Crippen MR) is 141 cm³/mol. The fourth-order valence-corrected chi connectivity index (χ4v) is 2.98. The zero-order chi connectivity index (χ0) is 27.1. The molecule has 0 N–H and O–H groups in total. The summed E-state index contributed by atoms with van der Waals surface area (Å²) in [6.07, 6.45) is 10.0. The van der Waals surface area contributed by atoms with Crippen LogP contribution in [0, 0.1) is 10.8 Å². The highest BCUT2D eigenvalue weighted by molar-refractivity contribution is 5.91. The van der Waals surface area contributed by atoms with Gasteiger partial charge in [0.05, 0.1) is 63.7 Å². The number of carbonyl (C=O) groups excluding carboxylic acids is 2. The standard InChI is InChI=1S/C28H44O8/c1-7-15-31-19-27(11-5,20-32-16-8-2)23-35-25(29)13-14-26(30)36-24-28(12-6,21-33-17-9-3)22-34-18-10-4/h7-10,13-14H,1-4,11-12,15-24H2,5-6H3. The average molecular weight is 509 g/mol. The number of ether oxygens (including phenoxy) is 6. The fourth-order valence-electron chi connectivity index (χ4n) is 2.98. The Bertz CT molecular complexity index is 612. The van der Waals surface area contributed by atoms with Gasteiger partial charge in [0.25, 0.3) is 0 Å². The Morgan fingerprint density at radius 3 is 1.06 bits per heavy atom. The lowest BCUT2D eigenvalue weighted by molar-refractivity contribution is -0.148. The van der Waals surface area contributed by atoms with Crippen molar-refractivity contribution in [3.8, 4) is 0 Å². The molecule has 0 spiro atoms. The minimum Gasteiger partial charge on any atom is -0.462 e. The molecule has 204 valence electrons. The second kappa shape index (κ2) is 20.7. The quantitative estimate of drug-likeness (QED) is 0.0828. The zero-order valence-electron chi connectivity index (χ0n) is 22.0. The predicted octanol–water partition coefficient (Wildman–Crippen LogP) is 4.23. The summed E-state index contributed by atoms with van der Waals surface area (Å²) in [4.78, 5) is 24.6. The van der Waals surface area contributed by atoms with Crippen molar-refractivity contribution >= 4 is 11.9 Å². The first kappa shape index (κ1) is 33.5. The van der Waals surface area contributed by atoms with Crippen LogP contribution in [0.25, 0.3) is 0 Å². The van der Waals surface area contributed by atoms with Crippen molar-refractivity contribution in [2.45, 2.75) is 26.7 Å². The third-order valence-corrected chi connectivity index (χ3v) is 5.47. The summed E-state index contributed by atoms with van der Waals surface area (Å²) >= 11 is 0. The largest absolute Gasteiger partial charge is 0.462 e. The molecular weight excluding hydrogens is 464 g/mol. The zero-order valence-corrected chi connectivity index (χ0v) is 22.0. The van der Waals surface area contributed by atoms with Crippen LogP contribution in [0.4, 0.5) is 0 Å². The molecule has 0 saturated carbocycles. The SMILES string of the molecule is C=CCOCC(CC)(COCC=C)COC(=O)C=CC(=O)OCC(CC)(COCC=C)COCC=C. The first-order chi connectivity index (χ1) is 17.4. The number of carbonyl (C=O) groups is 2. The summed E-state index contributed by atoms with van der Waals surface area (Å²) in [6.45, 7) is 21.4. The second-order valence-corrected chi connectivity index (χ2v) is 8.47. The number of hydrogen-bond acceptors (Lipinski definition) is 8. The minimum atomic E-state index is -0.664. The summed E-state index contributed by atoms with van der Waals surface area (Å²) in [5, 5.41) is 0. The molecule has 8 heteroatoms. The van der Waals surface area contributed by atoms with Crippen LogP contribution in [0.3, 0.4) is 0 Å². The van der Waals surface area contributed by atoms with E-state index in [1.54, 1.807) is 24.3 Å². The Morgan fingerprint density at radius 1 is 0.556 bits per heavy atom. The van der Waals surface area contributed by atoms with Crippen LogP contribution in [0.2, 0.25) is 0 Å². The van der Waals surface area contributed by atoms with Gasteiger partial charge in [-0.2, -0.15) is 0 Å². The molecule has 0 aromatic carbocycles. The van der Waals surface area contributed by atoms with Crippen molar-refractivity contribution in [2.75, 3.05) is 66.1 Å². The Kier molecular flexibility index (Phi) is 19.2. The fraction of sp³-hybridized carbons (Fsp3) is 0.571.